The Kier molecular flexibility index (Phi) is 6.71. The van der Waals surface area contributed by atoms with E-state index in [1.165, 1.54) is 6.92 Å². The van der Waals surface area contributed by atoms with E-state index < -0.39 is 12.0 Å². The number of hydrogen-bond acceptors (Lipinski definition) is 6. The number of hydrogen-bond donors (Lipinski definition) is 1. The molecule has 0 radical (unpaired) electrons. The molecule has 2 rings (SSSR count). The van der Waals surface area contributed by atoms with E-state index in [2.05, 4.69) is 26.3 Å². The summed E-state index contributed by atoms with van der Waals surface area (Å²) in [6, 6.07) is -0.542. The molecule has 0 aliphatic heterocycles. The molecule has 0 aliphatic carbocycles. The normalized spacial score (nSPS) is 11.9. The first-order valence-corrected chi connectivity index (χ1v) is 9.72. The van der Waals surface area contributed by atoms with Gasteiger partial charge in [-0.15, -0.1) is 11.3 Å². The van der Waals surface area contributed by atoms with Gasteiger partial charge in [0.1, 0.15) is 11.0 Å². The van der Waals surface area contributed by atoms with E-state index in [-0.39, 0.29) is 23.9 Å². The highest BCUT2D eigenvalue weighted by atomic mass is 79.9. The van der Waals surface area contributed by atoms with Crippen molar-refractivity contribution in [2.24, 2.45) is 0 Å². The fraction of sp³-hybridized carbons (Fsp3) is 0.412. The van der Waals surface area contributed by atoms with Crippen molar-refractivity contribution in [2.45, 2.75) is 40.2 Å². The molecule has 1 unspecified atom stereocenters. The fourth-order valence-electron chi connectivity index (χ4n) is 2.56. The topological polar surface area (TPSA) is 90.3 Å². The number of Topliss-reactive ketones (excluding diaryl/α,β-unsaturated/α-hetero) is 1. The van der Waals surface area contributed by atoms with Crippen LogP contribution in [0, 0.1) is 6.92 Å². The molecule has 1 amide bonds. The van der Waals surface area contributed by atoms with Crippen molar-refractivity contribution in [3.8, 4) is 0 Å². The minimum atomic E-state index is -0.557. The Labute approximate surface area is 163 Å². The van der Waals surface area contributed by atoms with E-state index in [0.29, 0.717) is 21.9 Å². The third-order valence-corrected chi connectivity index (χ3v) is 5.48. The van der Waals surface area contributed by atoms with Crippen molar-refractivity contribution in [1.82, 2.24) is 9.78 Å². The minimum Gasteiger partial charge on any atom is -0.462 e. The fourth-order valence-corrected chi connectivity index (χ4v) is 3.95. The average Bonchev–Trinajstić information content (AvgIpc) is 3.12. The number of thiophene rings is 1. The van der Waals surface area contributed by atoms with Crippen LogP contribution in [-0.4, -0.2) is 34.0 Å². The number of ketones is 1. The first kappa shape index (κ1) is 20.3. The van der Waals surface area contributed by atoms with E-state index >= 15 is 0 Å². The van der Waals surface area contributed by atoms with Crippen LogP contribution in [0.15, 0.2) is 16.9 Å². The Balaban J connectivity index is 2.37. The summed E-state index contributed by atoms with van der Waals surface area (Å²) in [6.07, 6.45) is 3.82. The number of anilines is 1. The van der Waals surface area contributed by atoms with Gasteiger partial charge in [0.15, 0.2) is 5.78 Å². The van der Waals surface area contributed by atoms with Gasteiger partial charge in [-0.25, -0.2) is 4.79 Å². The van der Waals surface area contributed by atoms with Crippen LogP contribution in [0.25, 0.3) is 0 Å². The second-order valence-electron chi connectivity index (χ2n) is 5.59. The van der Waals surface area contributed by atoms with E-state index in [4.69, 9.17) is 4.74 Å². The van der Waals surface area contributed by atoms with Gasteiger partial charge in [-0.3, -0.25) is 14.3 Å². The van der Waals surface area contributed by atoms with Crippen molar-refractivity contribution in [2.75, 3.05) is 11.9 Å². The minimum absolute atomic E-state index is 0.165. The van der Waals surface area contributed by atoms with Crippen molar-refractivity contribution >= 4 is 49.9 Å². The molecule has 0 spiro atoms. The van der Waals surface area contributed by atoms with Crippen LogP contribution in [0.2, 0.25) is 0 Å². The second-order valence-corrected chi connectivity index (χ2v) is 7.53. The largest absolute Gasteiger partial charge is 0.462 e. The summed E-state index contributed by atoms with van der Waals surface area (Å²) >= 11 is 4.39. The molecule has 0 fully saturated rings. The molecule has 0 saturated carbocycles. The molecular formula is C17H20BrN3O4S. The van der Waals surface area contributed by atoms with Gasteiger partial charge in [0, 0.05) is 6.20 Å². The third-order valence-electron chi connectivity index (χ3n) is 3.76. The zero-order valence-corrected chi connectivity index (χ0v) is 17.4. The molecule has 0 saturated heterocycles. The van der Waals surface area contributed by atoms with Crippen LogP contribution >= 0.6 is 27.3 Å². The third kappa shape index (κ3) is 4.21. The summed E-state index contributed by atoms with van der Waals surface area (Å²) in [4.78, 5) is 37.3. The smallest absolute Gasteiger partial charge is 0.341 e. The lowest BCUT2D eigenvalue weighted by atomic mass is 10.1. The number of halogens is 1. The van der Waals surface area contributed by atoms with E-state index in [9.17, 15) is 14.4 Å². The van der Waals surface area contributed by atoms with E-state index in [1.54, 1.807) is 30.9 Å². The lowest BCUT2D eigenvalue weighted by Crippen LogP contribution is -2.26. The molecule has 1 N–H and O–H groups in total. The lowest BCUT2D eigenvalue weighted by molar-refractivity contribution is -0.119. The summed E-state index contributed by atoms with van der Waals surface area (Å²) in [5.74, 6) is -1.04. The van der Waals surface area contributed by atoms with Crippen molar-refractivity contribution in [1.29, 1.82) is 0 Å². The number of amides is 1. The van der Waals surface area contributed by atoms with Crippen molar-refractivity contribution < 1.29 is 19.1 Å². The van der Waals surface area contributed by atoms with Gasteiger partial charge in [-0.2, -0.15) is 5.10 Å². The SMILES string of the molecule is CCOC(=O)c1c(NC(=O)C(CC)n2cc(Br)cn2)sc(C(C)=O)c1C. The molecule has 7 nitrogen and oxygen atoms in total. The predicted octanol–water partition coefficient (Wildman–Crippen LogP) is 3.98. The Morgan fingerprint density at radius 2 is 2.08 bits per heavy atom. The molecule has 9 heteroatoms. The molecule has 2 aromatic heterocycles. The number of nitrogens with one attached hydrogen (secondary N) is 1. The first-order valence-electron chi connectivity index (χ1n) is 8.12. The maximum Gasteiger partial charge on any atom is 0.341 e. The molecule has 0 bridgehead atoms. The first-order chi connectivity index (χ1) is 12.3. The van der Waals surface area contributed by atoms with Gasteiger partial charge >= 0.3 is 5.97 Å². The van der Waals surface area contributed by atoms with Gasteiger partial charge in [0.25, 0.3) is 0 Å². The van der Waals surface area contributed by atoms with Gasteiger partial charge in [0.2, 0.25) is 5.91 Å². The highest BCUT2D eigenvalue weighted by Crippen LogP contribution is 2.34. The molecule has 2 aromatic rings. The lowest BCUT2D eigenvalue weighted by Gasteiger charge is -2.15. The average molecular weight is 442 g/mol. The monoisotopic (exact) mass is 441 g/mol. The van der Waals surface area contributed by atoms with Crippen LogP contribution in [0.3, 0.4) is 0 Å². The zero-order chi connectivity index (χ0) is 19.4. The summed E-state index contributed by atoms with van der Waals surface area (Å²) in [6.45, 7) is 6.88. The molecule has 140 valence electrons. The molecule has 1 atom stereocenters. The molecule has 0 aromatic carbocycles. The Bertz CT molecular complexity index is 843. The zero-order valence-electron chi connectivity index (χ0n) is 15.0. The van der Waals surface area contributed by atoms with Crippen LogP contribution < -0.4 is 5.32 Å². The van der Waals surface area contributed by atoms with Crippen LogP contribution in [-0.2, 0) is 9.53 Å². The molecule has 2 heterocycles. The maximum atomic E-state index is 12.8. The summed E-state index contributed by atoms with van der Waals surface area (Å²) in [5, 5.41) is 7.25. The summed E-state index contributed by atoms with van der Waals surface area (Å²) in [7, 11) is 0. The summed E-state index contributed by atoms with van der Waals surface area (Å²) in [5.41, 5.74) is 0.748. The molecular weight excluding hydrogens is 422 g/mol. The number of carbonyl (C=O) groups is 3. The Morgan fingerprint density at radius 1 is 1.38 bits per heavy atom. The standard InChI is InChI=1S/C17H20BrN3O4S/c1-5-12(21-8-11(18)7-19-21)15(23)20-16-13(17(24)25-6-2)9(3)14(26-16)10(4)22/h7-8,12H,5-6H2,1-4H3,(H,20,23). The highest BCUT2D eigenvalue weighted by Gasteiger charge is 2.27. The van der Waals surface area contributed by atoms with E-state index in [1.807, 2.05) is 6.92 Å². The molecule has 0 aliphatic rings. The van der Waals surface area contributed by atoms with Gasteiger partial charge in [-0.05, 0) is 48.7 Å². The number of rotatable bonds is 7. The predicted molar refractivity (Wildman–Crippen MR) is 103 cm³/mol. The number of nitrogens with zero attached hydrogens (tertiary/aromatic N) is 2. The second kappa shape index (κ2) is 8.59. The van der Waals surface area contributed by atoms with Crippen molar-refractivity contribution in [3.05, 3.63) is 32.9 Å². The van der Waals surface area contributed by atoms with E-state index in [0.717, 1.165) is 15.8 Å². The van der Waals surface area contributed by atoms with Crippen LogP contribution in [0.1, 0.15) is 58.8 Å². The van der Waals surface area contributed by atoms with Gasteiger partial charge in [-0.1, -0.05) is 6.92 Å². The highest BCUT2D eigenvalue weighted by molar-refractivity contribution is 9.10. The maximum absolute atomic E-state index is 12.8. The van der Waals surface area contributed by atoms with Crippen molar-refractivity contribution in [3.63, 3.8) is 0 Å². The number of ether oxygens (including phenoxy) is 1. The summed E-state index contributed by atoms with van der Waals surface area (Å²) < 4.78 is 7.40. The number of carbonyl (C=O) groups excluding carboxylic acids is 3. The number of esters is 1. The Hall–Kier alpha value is -2.00. The molecule has 26 heavy (non-hydrogen) atoms. The van der Waals surface area contributed by atoms with Crippen LogP contribution in [0.5, 0.6) is 0 Å². The number of aromatic nitrogens is 2. The van der Waals surface area contributed by atoms with Gasteiger partial charge in [0.05, 0.1) is 27.7 Å². The van der Waals surface area contributed by atoms with Gasteiger partial charge < -0.3 is 10.1 Å². The quantitative estimate of drug-likeness (QED) is 0.518. The Morgan fingerprint density at radius 3 is 2.58 bits per heavy atom. The van der Waals surface area contributed by atoms with Crippen LogP contribution in [0.4, 0.5) is 5.00 Å².